The minimum Gasteiger partial charge on any atom is -0.368 e. The van der Waals surface area contributed by atoms with E-state index in [2.05, 4.69) is 35.2 Å². The normalized spacial score (nSPS) is 9.32. The van der Waals surface area contributed by atoms with Crippen LogP contribution in [0.25, 0.3) is 0 Å². The highest BCUT2D eigenvalue weighted by atomic mass is 15.2. The second-order valence-corrected chi connectivity index (χ2v) is 3.04. The molecule has 0 atom stereocenters. The van der Waals surface area contributed by atoms with E-state index in [4.69, 9.17) is 28.7 Å². The number of aromatic nitrogens is 6. The van der Waals surface area contributed by atoms with Crippen molar-refractivity contribution in [3.05, 3.63) is 0 Å². The molecule has 11 N–H and O–H groups in total. The molecule has 2 rings (SSSR count). The van der Waals surface area contributed by atoms with Crippen molar-refractivity contribution in [1.29, 1.82) is 0 Å². The molecule has 2 heterocycles. The van der Waals surface area contributed by atoms with Crippen molar-refractivity contribution in [3.63, 3.8) is 0 Å². The number of hydrogen-bond acceptors (Lipinski definition) is 12. The molecule has 0 aliphatic rings. The zero-order valence-corrected chi connectivity index (χ0v) is 10.1. The van der Waals surface area contributed by atoms with Crippen molar-refractivity contribution in [2.45, 2.75) is 0 Å². The van der Waals surface area contributed by atoms with Gasteiger partial charge in [0.2, 0.25) is 35.7 Å². The molecule has 12 heteroatoms. The molecule has 0 spiro atoms. The molecule has 0 fully saturated rings. The van der Waals surface area contributed by atoms with Gasteiger partial charge in [0, 0.05) is 7.05 Å². The molecule has 0 unspecified atom stereocenters. The van der Waals surface area contributed by atoms with E-state index in [-0.39, 0.29) is 29.7 Å². The van der Waals surface area contributed by atoms with Crippen molar-refractivity contribution >= 4 is 35.7 Å². The van der Waals surface area contributed by atoms with E-state index in [1.165, 1.54) is 0 Å². The fourth-order valence-corrected chi connectivity index (χ4v) is 0.948. The van der Waals surface area contributed by atoms with E-state index in [1.807, 2.05) is 0 Å². The van der Waals surface area contributed by atoms with E-state index >= 15 is 0 Å². The number of nitrogens with zero attached hydrogens (tertiary/aromatic N) is 6. The molecule has 0 saturated carbocycles. The third kappa shape index (κ3) is 4.68. The first kappa shape index (κ1) is 13.9. The Hall–Kier alpha value is -3.18. The van der Waals surface area contributed by atoms with Crippen LogP contribution in [-0.2, 0) is 0 Å². The van der Waals surface area contributed by atoms with Crippen LogP contribution in [0.2, 0.25) is 0 Å². The SMILES string of the molecule is CNc1nc(N)nc(N)n1.Nc1nc(N)nc(N)n1. The van der Waals surface area contributed by atoms with Crippen molar-refractivity contribution < 1.29 is 0 Å². The highest BCUT2D eigenvalue weighted by molar-refractivity contribution is 5.36. The molecule has 0 amide bonds. The summed E-state index contributed by atoms with van der Waals surface area (Å²) < 4.78 is 0. The number of hydrogen-bond donors (Lipinski definition) is 6. The number of anilines is 6. The Morgan fingerprint density at radius 3 is 1.11 bits per heavy atom. The van der Waals surface area contributed by atoms with E-state index < -0.39 is 0 Å². The molecule has 2 aromatic rings. The lowest BCUT2D eigenvalue weighted by Gasteiger charge is -1.98. The van der Waals surface area contributed by atoms with Gasteiger partial charge in [0.15, 0.2) is 0 Å². The quantitative estimate of drug-likeness (QED) is 0.320. The molecular formula is C7H14N12. The fourth-order valence-electron chi connectivity index (χ4n) is 0.948. The second kappa shape index (κ2) is 5.95. The summed E-state index contributed by atoms with van der Waals surface area (Å²) in [4.78, 5) is 21.5. The lowest BCUT2D eigenvalue weighted by atomic mass is 10.8. The monoisotopic (exact) mass is 266 g/mol. The summed E-state index contributed by atoms with van der Waals surface area (Å²) in [5.41, 5.74) is 25.9. The summed E-state index contributed by atoms with van der Waals surface area (Å²) in [7, 11) is 1.67. The minimum absolute atomic E-state index is 0.0417. The number of rotatable bonds is 1. The molecular weight excluding hydrogens is 252 g/mol. The van der Waals surface area contributed by atoms with Crippen LogP contribution in [0.15, 0.2) is 0 Å². The highest BCUT2D eigenvalue weighted by Gasteiger charge is 1.96. The number of nitrogen functional groups attached to an aromatic ring is 5. The van der Waals surface area contributed by atoms with Gasteiger partial charge >= 0.3 is 0 Å². The van der Waals surface area contributed by atoms with Crippen LogP contribution < -0.4 is 34.0 Å². The van der Waals surface area contributed by atoms with Crippen LogP contribution in [0, 0.1) is 0 Å². The predicted molar refractivity (Wildman–Crippen MR) is 71.3 cm³/mol. The third-order valence-corrected chi connectivity index (χ3v) is 1.58. The first-order valence-electron chi connectivity index (χ1n) is 4.88. The summed E-state index contributed by atoms with van der Waals surface area (Å²) in [6, 6.07) is 0. The maximum Gasteiger partial charge on any atom is 0.229 e. The van der Waals surface area contributed by atoms with Gasteiger partial charge in [-0.05, 0) is 0 Å². The fraction of sp³-hybridized carbons (Fsp3) is 0.143. The van der Waals surface area contributed by atoms with E-state index in [1.54, 1.807) is 7.05 Å². The summed E-state index contributed by atoms with van der Waals surface area (Å²) in [5.74, 6) is 0.749. The Morgan fingerprint density at radius 2 is 0.842 bits per heavy atom. The van der Waals surface area contributed by atoms with Gasteiger partial charge in [-0.3, -0.25) is 0 Å². The van der Waals surface area contributed by atoms with E-state index in [9.17, 15) is 0 Å². The van der Waals surface area contributed by atoms with Crippen LogP contribution in [0.5, 0.6) is 0 Å². The molecule has 0 radical (unpaired) electrons. The maximum absolute atomic E-state index is 5.25. The van der Waals surface area contributed by atoms with Crippen LogP contribution in [0.1, 0.15) is 0 Å². The van der Waals surface area contributed by atoms with Crippen molar-refractivity contribution in [2.24, 2.45) is 0 Å². The lowest BCUT2D eigenvalue weighted by molar-refractivity contribution is 1.07. The minimum atomic E-state index is 0.0417. The highest BCUT2D eigenvalue weighted by Crippen LogP contribution is 2.01. The zero-order chi connectivity index (χ0) is 14.4. The molecule has 0 aromatic carbocycles. The summed E-state index contributed by atoms with van der Waals surface area (Å²) in [6.45, 7) is 0. The van der Waals surface area contributed by atoms with Crippen molar-refractivity contribution in [3.8, 4) is 0 Å². The van der Waals surface area contributed by atoms with Gasteiger partial charge in [-0.2, -0.15) is 29.9 Å². The Bertz CT molecular complexity index is 483. The zero-order valence-electron chi connectivity index (χ0n) is 10.1. The molecule has 0 saturated heterocycles. The van der Waals surface area contributed by atoms with E-state index in [0.29, 0.717) is 5.95 Å². The topological polar surface area (TPSA) is 219 Å². The predicted octanol–water partition coefficient (Wildman–Crippen LogP) is -2.30. The Balaban J connectivity index is 0.000000191. The third-order valence-electron chi connectivity index (χ3n) is 1.58. The number of nitrogens with one attached hydrogen (secondary N) is 1. The average molecular weight is 266 g/mol. The maximum atomic E-state index is 5.25. The average Bonchev–Trinajstić information content (AvgIpc) is 2.26. The molecule has 0 aliphatic heterocycles. The van der Waals surface area contributed by atoms with Gasteiger partial charge in [-0.1, -0.05) is 0 Å². The van der Waals surface area contributed by atoms with Crippen LogP contribution in [0.4, 0.5) is 35.7 Å². The van der Waals surface area contributed by atoms with Gasteiger partial charge in [0.25, 0.3) is 0 Å². The van der Waals surface area contributed by atoms with Crippen LogP contribution >= 0.6 is 0 Å². The molecule has 12 nitrogen and oxygen atoms in total. The van der Waals surface area contributed by atoms with Gasteiger partial charge in [0.1, 0.15) is 0 Å². The Labute approximate surface area is 107 Å². The first-order valence-corrected chi connectivity index (χ1v) is 4.88. The van der Waals surface area contributed by atoms with Crippen molar-refractivity contribution in [1.82, 2.24) is 29.9 Å². The molecule has 2 aromatic heterocycles. The van der Waals surface area contributed by atoms with Gasteiger partial charge in [-0.25, -0.2) is 0 Å². The lowest BCUT2D eigenvalue weighted by Crippen LogP contribution is -2.06. The van der Waals surface area contributed by atoms with Crippen LogP contribution in [0.3, 0.4) is 0 Å². The molecule has 102 valence electrons. The Kier molecular flexibility index (Phi) is 4.34. The van der Waals surface area contributed by atoms with E-state index in [0.717, 1.165) is 0 Å². The molecule has 0 bridgehead atoms. The van der Waals surface area contributed by atoms with Gasteiger partial charge in [-0.15, -0.1) is 0 Å². The first-order chi connectivity index (χ1) is 8.90. The summed E-state index contributed by atoms with van der Waals surface area (Å²) in [5, 5.41) is 2.69. The molecule has 19 heavy (non-hydrogen) atoms. The number of nitrogens with two attached hydrogens (primary N) is 5. The second-order valence-electron chi connectivity index (χ2n) is 3.04. The van der Waals surface area contributed by atoms with Crippen LogP contribution in [-0.4, -0.2) is 37.0 Å². The Morgan fingerprint density at radius 1 is 0.579 bits per heavy atom. The van der Waals surface area contributed by atoms with Gasteiger partial charge in [0.05, 0.1) is 0 Å². The van der Waals surface area contributed by atoms with Gasteiger partial charge < -0.3 is 34.0 Å². The molecule has 0 aliphatic carbocycles. The summed E-state index contributed by atoms with van der Waals surface area (Å²) >= 11 is 0. The largest absolute Gasteiger partial charge is 0.368 e. The standard InChI is InChI=1S/C4H8N6.C3H6N6/c1-7-4-9-2(5)8-3(6)10-4;4-1-7-2(5)9-3(6)8-1/h1H3,(H5,5,6,7,8,9,10);(H6,4,5,6,7,8,9). The van der Waals surface area contributed by atoms with Crippen molar-refractivity contribution in [2.75, 3.05) is 41.0 Å². The summed E-state index contributed by atoms with van der Waals surface area (Å²) in [6.07, 6.45) is 0. The smallest absolute Gasteiger partial charge is 0.229 e.